The fourth-order valence-electron chi connectivity index (χ4n) is 1.91. The number of hydrogen-bond donors (Lipinski definition) is 1. The lowest BCUT2D eigenvalue weighted by atomic mass is 10.1. The van der Waals surface area contributed by atoms with Gasteiger partial charge in [0.2, 0.25) is 0 Å². The fraction of sp³-hybridized carbons (Fsp3) is 0.200. The summed E-state index contributed by atoms with van der Waals surface area (Å²) in [5, 5.41) is 0.648. The van der Waals surface area contributed by atoms with Crippen molar-refractivity contribution < 1.29 is 4.79 Å². The first kappa shape index (κ1) is 14.3. The molecule has 104 valence electrons. The van der Waals surface area contributed by atoms with Gasteiger partial charge in [0, 0.05) is 30.5 Å². The number of halogens is 1. The third-order valence-electron chi connectivity index (χ3n) is 3.31. The molecule has 2 aromatic rings. The van der Waals surface area contributed by atoms with Crippen LogP contribution in [0.2, 0.25) is 5.02 Å². The van der Waals surface area contributed by atoms with Crippen LogP contribution >= 0.6 is 11.6 Å². The van der Waals surface area contributed by atoms with Crippen molar-refractivity contribution in [2.75, 3.05) is 7.05 Å². The number of hydrogen-bond acceptors (Lipinski definition) is 2. The molecule has 1 amide bonds. The Morgan fingerprint density at radius 2 is 1.90 bits per heavy atom. The highest BCUT2D eigenvalue weighted by Crippen LogP contribution is 2.21. The minimum Gasteiger partial charge on any atom is -0.367 e. The predicted molar refractivity (Wildman–Crippen MR) is 79.0 cm³/mol. The largest absolute Gasteiger partial charge is 0.367 e. The maximum absolute atomic E-state index is 12.3. The van der Waals surface area contributed by atoms with Gasteiger partial charge in [-0.2, -0.15) is 0 Å². The summed E-state index contributed by atoms with van der Waals surface area (Å²) in [6.07, 6.45) is 2.93. The molecule has 1 unspecified atom stereocenters. The zero-order valence-electron chi connectivity index (χ0n) is 11.3. The van der Waals surface area contributed by atoms with E-state index in [2.05, 4.69) is 4.98 Å². The van der Waals surface area contributed by atoms with Gasteiger partial charge in [-0.25, -0.2) is 0 Å². The Hall–Kier alpha value is -2.07. The Kier molecular flexibility index (Phi) is 4.25. The summed E-state index contributed by atoms with van der Waals surface area (Å²) in [4.78, 5) is 28.3. The molecule has 20 heavy (non-hydrogen) atoms. The summed E-state index contributed by atoms with van der Waals surface area (Å²) < 4.78 is 0. The van der Waals surface area contributed by atoms with Crippen LogP contribution in [0.1, 0.15) is 28.9 Å². The molecule has 0 saturated heterocycles. The Morgan fingerprint density at radius 3 is 2.50 bits per heavy atom. The third kappa shape index (κ3) is 2.91. The molecule has 0 bridgehead atoms. The lowest BCUT2D eigenvalue weighted by Crippen LogP contribution is -2.33. The van der Waals surface area contributed by atoms with Crippen LogP contribution in [-0.2, 0) is 0 Å². The van der Waals surface area contributed by atoms with Crippen molar-refractivity contribution >= 4 is 17.5 Å². The summed E-state index contributed by atoms with van der Waals surface area (Å²) >= 11 is 5.85. The van der Waals surface area contributed by atoms with E-state index in [4.69, 9.17) is 11.6 Å². The summed E-state index contributed by atoms with van der Waals surface area (Å²) in [7, 11) is 1.67. The molecule has 1 N–H and O–H groups in total. The average Bonchev–Trinajstić information content (AvgIpc) is 2.46. The topological polar surface area (TPSA) is 53.2 Å². The average molecular weight is 291 g/mol. The number of H-pyrrole nitrogens is 1. The second-order valence-electron chi connectivity index (χ2n) is 4.57. The molecular formula is C15H15ClN2O2. The van der Waals surface area contributed by atoms with Gasteiger partial charge in [-0.15, -0.1) is 0 Å². The quantitative estimate of drug-likeness (QED) is 0.945. The molecule has 0 aliphatic heterocycles. The van der Waals surface area contributed by atoms with Gasteiger partial charge in [0.25, 0.3) is 5.91 Å². The van der Waals surface area contributed by atoms with Crippen LogP contribution in [0.3, 0.4) is 0 Å². The van der Waals surface area contributed by atoms with E-state index in [1.807, 2.05) is 19.1 Å². The predicted octanol–water partition coefficient (Wildman–Crippen LogP) is 2.86. The number of rotatable bonds is 3. The number of aromatic amines is 1. The highest BCUT2D eigenvalue weighted by atomic mass is 35.5. The molecule has 0 saturated carbocycles. The lowest BCUT2D eigenvalue weighted by Gasteiger charge is -2.25. The number of carbonyl (C=O) groups is 1. The summed E-state index contributed by atoms with van der Waals surface area (Å²) in [6.45, 7) is 1.90. The van der Waals surface area contributed by atoms with E-state index < -0.39 is 0 Å². The number of nitrogens with zero attached hydrogens (tertiary/aromatic N) is 1. The molecule has 4 nitrogen and oxygen atoms in total. The van der Waals surface area contributed by atoms with Gasteiger partial charge in [-0.05, 0) is 24.6 Å². The van der Waals surface area contributed by atoms with Crippen molar-refractivity contribution in [3.8, 4) is 0 Å². The van der Waals surface area contributed by atoms with Gasteiger partial charge in [-0.3, -0.25) is 9.59 Å². The standard InChI is InChI=1S/C15H15ClN2O2/c1-10(11-3-5-12(16)6-4-11)18(2)15(20)13-9-17-8-7-14(13)19/h3-10H,1-2H3,(H,17,19). The molecule has 1 atom stereocenters. The van der Waals surface area contributed by atoms with Crippen molar-refractivity contribution in [2.24, 2.45) is 0 Å². The SMILES string of the molecule is CC(c1ccc(Cl)cc1)N(C)C(=O)c1c[nH]ccc1=O. The number of pyridine rings is 1. The van der Waals surface area contributed by atoms with E-state index >= 15 is 0 Å². The van der Waals surface area contributed by atoms with Crippen molar-refractivity contribution in [3.05, 3.63) is 69.1 Å². The van der Waals surface area contributed by atoms with E-state index in [-0.39, 0.29) is 22.9 Å². The zero-order valence-corrected chi connectivity index (χ0v) is 12.0. The maximum atomic E-state index is 12.3. The van der Waals surface area contributed by atoms with Crippen molar-refractivity contribution in [3.63, 3.8) is 0 Å². The van der Waals surface area contributed by atoms with E-state index in [0.717, 1.165) is 5.56 Å². The van der Waals surface area contributed by atoms with Crippen LogP contribution in [-0.4, -0.2) is 22.8 Å². The molecule has 0 radical (unpaired) electrons. The van der Waals surface area contributed by atoms with E-state index in [0.29, 0.717) is 5.02 Å². The van der Waals surface area contributed by atoms with Crippen LogP contribution in [0, 0.1) is 0 Å². The van der Waals surface area contributed by atoms with E-state index in [1.165, 1.54) is 23.4 Å². The highest BCUT2D eigenvalue weighted by Gasteiger charge is 2.20. The van der Waals surface area contributed by atoms with Gasteiger partial charge in [0.05, 0.1) is 6.04 Å². The fourth-order valence-corrected chi connectivity index (χ4v) is 2.04. The first-order chi connectivity index (χ1) is 9.50. The normalized spacial score (nSPS) is 11.9. The first-order valence-electron chi connectivity index (χ1n) is 6.20. The maximum Gasteiger partial charge on any atom is 0.259 e. The number of aromatic nitrogens is 1. The number of carbonyl (C=O) groups excluding carboxylic acids is 1. The molecule has 0 aliphatic carbocycles. The Labute approximate surface area is 122 Å². The molecule has 1 heterocycles. The third-order valence-corrected chi connectivity index (χ3v) is 3.56. The van der Waals surface area contributed by atoms with Crippen LogP contribution < -0.4 is 5.43 Å². The van der Waals surface area contributed by atoms with Crippen molar-refractivity contribution in [1.82, 2.24) is 9.88 Å². The second-order valence-corrected chi connectivity index (χ2v) is 5.00. The Morgan fingerprint density at radius 1 is 1.25 bits per heavy atom. The van der Waals surface area contributed by atoms with Gasteiger partial charge in [0.1, 0.15) is 5.56 Å². The van der Waals surface area contributed by atoms with Gasteiger partial charge in [0.15, 0.2) is 5.43 Å². The van der Waals surface area contributed by atoms with Gasteiger partial charge < -0.3 is 9.88 Å². The zero-order chi connectivity index (χ0) is 14.7. The molecule has 1 aromatic heterocycles. The van der Waals surface area contributed by atoms with E-state index in [9.17, 15) is 9.59 Å². The molecule has 5 heteroatoms. The minimum absolute atomic E-state index is 0.135. The van der Waals surface area contributed by atoms with Crippen LogP contribution in [0.25, 0.3) is 0 Å². The number of nitrogens with one attached hydrogen (secondary N) is 1. The molecule has 0 aliphatic rings. The molecular weight excluding hydrogens is 276 g/mol. The first-order valence-corrected chi connectivity index (χ1v) is 6.58. The smallest absolute Gasteiger partial charge is 0.259 e. The van der Waals surface area contributed by atoms with Crippen molar-refractivity contribution in [2.45, 2.75) is 13.0 Å². The van der Waals surface area contributed by atoms with Crippen molar-refractivity contribution in [1.29, 1.82) is 0 Å². The minimum atomic E-state index is -0.311. The second kappa shape index (κ2) is 5.92. The van der Waals surface area contributed by atoms with Crippen LogP contribution in [0.15, 0.2) is 47.5 Å². The van der Waals surface area contributed by atoms with Crippen LogP contribution in [0.4, 0.5) is 0 Å². The number of benzene rings is 1. The molecule has 2 rings (SSSR count). The summed E-state index contributed by atoms with van der Waals surface area (Å²) in [6, 6.07) is 8.48. The van der Waals surface area contributed by atoms with Gasteiger partial charge >= 0.3 is 0 Å². The molecule has 0 spiro atoms. The Bertz CT molecular complexity index is 664. The Balaban J connectivity index is 2.25. The molecule has 0 fully saturated rings. The van der Waals surface area contributed by atoms with E-state index in [1.54, 1.807) is 19.2 Å². The summed E-state index contributed by atoms with van der Waals surface area (Å²) in [5.41, 5.74) is 0.803. The lowest BCUT2D eigenvalue weighted by molar-refractivity contribution is 0.0741. The summed E-state index contributed by atoms with van der Waals surface area (Å²) in [5.74, 6) is -0.311. The van der Waals surface area contributed by atoms with Gasteiger partial charge in [-0.1, -0.05) is 23.7 Å². The van der Waals surface area contributed by atoms with Crippen LogP contribution in [0.5, 0.6) is 0 Å². The highest BCUT2D eigenvalue weighted by molar-refractivity contribution is 6.30. The molecule has 1 aromatic carbocycles. The monoisotopic (exact) mass is 290 g/mol. The number of amides is 1.